The first-order valence-electron chi connectivity index (χ1n) is 5.92. The van der Waals surface area contributed by atoms with E-state index in [9.17, 15) is 0 Å². The molecule has 0 radical (unpaired) electrons. The number of aromatic nitrogens is 1. The van der Waals surface area contributed by atoms with E-state index in [1.807, 2.05) is 13.1 Å². The smallest absolute Gasteiger partial charge is 0.0897 e. The molecule has 0 saturated heterocycles. The Kier molecular flexibility index (Phi) is 4.29. The Morgan fingerprint density at radius 3 is 2.71 bits per heavy atom. The van der Waals surface area contributed by atoms with Gasteiger partial charge < -0.3 is 5.32 Å². The van der Waals surface area contributed by atoms with Crippen molar-refractivity contribution in [1.82, 2.24) is 10.3 Å². The van der Waals surface area contributed by atoms with Gasteiger partial charge in [0.25, 0.3) is 0 Å². The largest absolute Gasteiger partial charge is 0.309 e. The quantitative estimate of drug-likeness (QED) is 0.876. The molecular weight excluding hydrogens is 228 g/mol. The Bertz CT molecular complexity index is 450. The van der Waals surface area contributed by atoms with Gasteiger partial charge in [0.2, 0.25) is 0 Å². The van der Waals surface area contributed by atoms with Gasteiger partial charge in [-0.3, -0.25) is 0 Å². The highest BCUT2D eigenvalue weighted by Gasteiger charge is 2.04. The number of thiazole rings is 1. The van der Waals surface area contributed by atoms with Gasteiger partial charge in [-0.2, -0.15) is 0 Å². The maximum atomic E-state index is 4.26. The minimum absolute atomic E-state index is 0.486. The molecule has 90 valence electrons. The van der Waals surface area contributed by atoms with Crippen molar-refractivity contribution in [1.29, 1.82) is 0 Å². The minimum atomic E-state index is 0.486. The summed E-state index contributed by atoms with van der Waals surface area (Å²) in [5.74, 6) is 0. The molecule has 0 amide bonds. The summed E-state index contributed by atoms with van der Waals surface area (Å²) in [6.45, 7) is 5.18. The lowest BCUT2D eigenvalue weighted by Crippen LogP contribution is -2.27. The van der Waals surface area contributed by atoms with Gasteiger partial charge in [0.1, 0.15) is 0 Å². The van der Waals surface area contributed by atoms with Crippen LogP contribution in [-0.4, -0.2) is 11.0 Å². The number of benzene rings is 1. The Hall–Kier alpha value is -1.19. The van der Waals surface area contributed by atoms with E-state index in [1.165, 1.54) is 10.4 Å². The normalized spacial score (nSPS) is 12.6. The van der Waals surface area contributed by atoms with E-state index in [2.05, 4.69) is 47.6 Å². The molecule has 1 atom stereocenters. The molecule has 1 heterocycles. The summed E-state index contributed by atoms with van der Waals surface area (Å²) < 4.78 is 0. The Labute approximate surface area is 107 Å². The van der Waals surface area contributed by atoms with Gasteiger partial charge in [0.05, 0.1) is 5.01 Å². The van der Waals surface area contributed by atoms with Crippen LogP contribution in [0.2, 0.25) is 0 Å². The summed E-state index contributed by atoms with van der Waals surface area (Å²) in [7, 11) is 0. The Morgan fingerprint density at radius 1 is 1.29 bits per heavy atom. The molecule has 0 fully saturated rings. The van der Waals surface area contributed by atoms with Crippen LogP contribution in [0.5, 0.6) is 0 Å². The molecule has 2 nitrogen and oxygen atoms in total. The zero-order valence-electron chi connectivity index (χ0n) is 10.3. The van der Waals surface area contributed by atoms with E-state index in [-0.39, 0.29) is 0 Å². The second kappa shape index (κ2) is 5.94. The van der Waals surface area contributed by atoms with Crippen LogP contribution in [-0.2, 0) is 13.0 Å². The summed E-state index contributed by atoms with van der Waals surface area (Å²) in [5.41, 5.74) is 1.38. The van der Waals surface area contributed by atoms with Crippen molar-refractivity contribution < 1.29 is 0 Å². The van der Waals surface area contributed by atoms with E-state index in [4.69, 9.17) is 0 Å². The van der Waals surface area contributed by atoms with Gasteiger partial charge in [0, 0.05) is 23.7 Å². The lowest BCUT2D eigenvalue weighted by atomic mass is 10.1. The molecule has 1 aromatic heterocycles. The van der Waals surface area contributed by atoms with Gasteiger partial charge in [-0.15, -0.1) is 11.3 Å². The first-order chi connectivity index (χ1) is 8.24. The fourth-order valence-corrected chi connectivity index (χ4v) is 2.55. The molecule has 1 unspecified atom stereocenters. The van der Waals surface area contributed by atoms with Gasteiger partial charge >= 0.3 is 0 Å². The van der Waals surface area contributed by atoms with Crippen molar-refractivity contribution in [3.8, 4) is 0 Å². The molecule has 0 spiro atoms. The highest BCUT2D eigenvalue weighted by molar-refractivity contribution is 7.11. The minimum Gasteiger partial charge on any atom is -0.309 e. The van der Waals surface area contributed by atoms with E-state index in [0.717, 1.165) is 18.0 Å². The summed E-state index contributed by atoms with van der Waals surface area (Å²) in [6, 6.07) is 11.1. The van der Waals surface area contributed by atoms with Crippen LogP contribution in [0.1, 0.15) is 22.4 Å². The van der Waals surface area contributed by atoms with E-state index < -0.39 is 0 Å². The third kappa shape index (κ3) is 3.95. The van der Waals surface area contributed by atoms with Gasteiger partial charge in [0.15, 0.2) is 0 Å². The third-order valence-electron chi connectivity index (χ3n) is 2.68. The van der Waals surface area contributed by atoms with Crippen molar-refractivity contribution in [2.45, 2.75) is 32.9 Å². The number of rotatable bonds is 5. The Balaban J connectivity index is 1.80. The summed E-state index contributed by atoms with van der Waals surface area (Å²) in [5, 5.41) is 4.67. The number of hydrogen-bond acceptors (Lipinski definition) is 3. The lowest BCUT2D eigenvalue weighted by molar-refractivity contribution is 0.548. The average molecular weight is 246 g/mol. The first-order valence-corrected chi connectivity index (χ1v) is 6.74. The van der Waals surface area contributed by atoms with Crippen LogP contribution < -0.4 is 5.32 Å². The van der Waals surface area contributed by atoms with Crippen molar-refractivity contribution in [2.24, 2.45) is 0 Å². The SMILES string of the molecule is Cc1ncc(CNC(C)Cc2ccccc2)s1. The van der Waals surface area contributed by atoms with Gasteiger partial charge in [-0.05, 0) is 25.8 Å². The number of aryl methyl sites for hydroxylation is 1. The molecule has 0 saturated carbocycles. The fraction of sp³-hybridized carbons (Fsp3) is 0.357. The molecule has 2 aromatic rings. The zero-order chi connectivity index (χ0) is 12.1. The fourth-order valence-electron chi connectivity index (χ4n) is 1.80. The second-order valence-corrected chi connectivity index (χ2v) is 5.64. The summed E-state index contributed by atoms with van der Waals surface area (Å²) >= 11 is 1.76. The molecule has 0 bridgehead atoms. The monoisotopic (exact) mass is 246 g/mol. The molecule has 17 heavy (non-hydrogen) atoms. The summed E-state index contributed by atoms with van der Waals surface area (Å²) in [4.78, 5) is 5.56. The standard InChI is InChI=1S/C14H18N2S/c1-11(8-13-6-4-3-5-7-13)15-9-14-10-16-12(2)17-14/h3-7,10-11,15H,8-9H2,1-2H3. The summed E-state index contributed by atoms with van der Waals surface area (Å²) in [6.07, 6.45) is 3.03. The van der Waals surface area contributed by atoms with Crippen LogP contribution in [0.25, 0.3) is 0 Å². The van der Waals surface area contributed by atoms with Gasteiger partial charge in [-0.1, -0.05) is 30.3 Å². The van der Waals surface area contributed by atoms with Crippen LogP contribution in [0.4, 0.5) is 0 Å². The highest BCUT2D eigenvalue weighted by Crippen LogP contribution is 2.11. The maximum Gasteiger partial charge on any atom is 0.0897 e. The third-order valence-corrected chi connectivity index (χ3v) is 3.59. The molecule has 0 aliphatic rings. The van der Waals surface area contributed by atoms with Crippen LogP contribution in [0.15, 0.2) is 36.5 Å². The lowest BCUT2D eigenvalue weighted by Gasteiger charge is -2.12. The van der Waals surface area contributed by atoms with Crippen LogP contribution >= 0.6 is 11.3 Å². The predicted octanol–water partition coefficient (Wildman–Crippen LogP) is 3.17. The number of hydrogen-bond donors (Lipinski definition) is 1. The Morgan fingerprint density at radius 2 is 2.06 bits per heavy atom. The molecule has 0 aliphatic heterocycles. The van der Waals surface area contributed by atoms with E-state index in [0.29, 0.717) is 6.04 Å². The average Bonchev–Trinajstić information content (AvgIpc) is 2.74. The van der Waals surface area contributed by atoms with Crippen molar-refractivity contribution in [3.05, 3.63) is 52.0 Å². The molecule has 1 N–H and O–H groups in total. The van der Waals surface area contributed by atoms with Crippen molar-refractivity contribution in [2.75, 3.05) is 0 Å². The predicted molar refractivity (Wildman–Crippen MR) is 73.3 cm³/mol. The molecule has 3 heteroatoms. The van der Waals surface area contributed by atoms with E-state index in [1.54, 1.807) is 11.3 Å². The van der Waals surface area contributed by atoms with E-state index >= 15 is 0 Å². The highest BCUT2D eigenvalue weighted by atomic mass is 32.1. The van der Waals surface area contributed by atoms with Crippen molar-refractivity contribution >= 4 is 11.3 Å². The first kappa shape index (κ1) is 12.3. The topological polar surface area (TPSA) is 24.9 Å². The second-order valence-electron chi connectivity index (χ2n) is 4.32. The van der Waals surface area contributed by atoms with Crippen molar-refractivity contribution in [3.63, 3.8) is 0 Å². The zero-order valence-corrected chi connectivity index (χ0v) is 11.1. The number of nitrogens with zero attached hydrogens (tertiary/aromatic N) is 1. The van der Waals surface area contributed by atoms with Crippen LogP contribution in [0, 0.1) is 6.92 Å². The van der Waals surface area contributed by atoms with Gasteiger partial charge in [-0.25, -0.2) is 4.98 Å². The molecular formula is C14H18N2S. The molecule has 0 aliphatic carbocycles. The maximum absolute atomic E-state index is 4.26. The number of nitrogens with one attached hydrogen (secondary N) is 1. The van der Waals surface area contributed by atoms with Crippen LogP contribution in [0.3, 0.4) is 0 Å². The molecule has 1 aromatic carbocycles. The molecule has 2 rings (SSSR count).